The summed E-state index contributed by atoms with van der Waals surface area (Å²) in [6, 6.07) is 10.1. The van der Waals surface area contributed by atoms with Gasteiger partial charge in [0, 0.05) is 18.4 Å². The minimum Gasteiger partial charge on any atom is -0.457 e. The van der Waals surface area contributed by atoms with Gasteiger partial charge in [-0.05, 0) is 96.0 Å². The largest absolute Gasteiger partial charge is 0.457 e. The maximum absolute atomic E-state index is 13.7. The number of rotatable bonds is 14. The fourth-order valence-electron chi connectivity index (χ4n) is 3.99. The fourth-order valence-corrected chi connectivity index (χ4v) is 4.95. The Morgan fingerprint density at radius 3 is 2.18 bits per heavy atom. The van der Waals surface area contributed by atoms with Gasteiger partial charge < -0.3 is 20.1 Å². The lowest BCUT2D eigenvalue weighted by molar-refractivity contribution is -0.129. The van der Waals surface area contributed by atoms with E-state index in [1.54, 1.807) is 33.8 Å². The van der Waals surface area contributed by atoms with E-state index in [0.29, 0.717) is 23.5 Å². The van der Waals surface area contributed by atoms with Crippen LogP contribution in [0.15, 0.2) is 59.8 Å². The molecule has 0 saturated carbocycles. The average Bonchev–Trinajstić information content (AvgIpc) is 2.92. The van der Waals surface area contributed by atoms with Crippen molar-refractivity contribution in [3.63, 3.8) is 0 Å². The molecule has 0 fully saturated rings. The highest BCUT2D eigenvalue weighted by atomic mass is 32.2. The predicted molar refractivity (Wildman–Crippen MR) is 165 cm³/mol. The van der Waals surface area contributed by atoms with Gasteiger partial charge in [0.15, 0.2) is 0 Å². The number of aryl methyl sites for hydroxylation is 1. The molecule has 1 heterocycles. The van der Waals surface area contributed by atoms with E-state index in [4.69, 9.17) is 9.47 Å². The minimum atomic E-state index is -4.04. The molecule has 13 heteroatoms. The second kappa shape index (κ2) is 14.1. The van der Waals surface area contributed by atoms with E-state index in [2.05, 4.69) is 25.3 Å². The van der Waals surface area contributed by atoms with Crippen molar-refractivity contribution in [3.05, 3.63) is 71.8 Å². The average molecular weight is 630 g/mol. The van der Waals surface area contributed by atoms with Crippen molar-refractivity contribution in [2.75, 3.05) is 11.3 Å². The Balaban J connectivity index is 1.57. The van der Waals surface area contributed by atoms with Crippen LogP contribution in [-0.4, -0.2) is 54.0 Å². The number of nitrogens with one attached hydrogen (secondary N) is 3. The van der Waals surface area contributed by atoms with Crippen LogP contribution in [0, 0.1) is 5.82 Å². The Bertz CT molecular complexity index is 1560. The van der Waals surface area contributed by atoms with Gasteiger partial charge in [0.2, 0.25) is 11.9 Å². The van der Waals surface area contributed by atoms with Gasteiger partial charge >= 0.3 is 0 Å². The molecule has 0 aliphatic rings. The summed E-state index contributed by atoms with van der Waals surface area (Å²) < 4.78 is 53.5. The minimum absolute atomic E-state index is 0.0222. The standard InChI is InChI=1S/C31H40FN5O6S/c1-8-21-15-24(11-14-26(21)32)43-23-9-12-25(13-10-23)44(40,41)37-29-33-17-22(18-34-29)28(39)36-30(4,5)19-42-31(6,7)16-27(38)35-20(2)3/h9-15,17-18,20H,8,16,19H2,1-7H3,(H,35,38)(H,36,39)(H,33,34,37). The Morgan fingerprint density at radius 1 is 0.977 bits per heavy atom. The molecule has 2 aromatic carbocycles. The van der Waals surface area contributed by atoms with Gasteiger partial charge in [-0.25, -0.2) is 27.5 Å². The van der Waals surface area contributed by atoms with Crippen molar-refractivity contribution < 1.29 is 31.9 Å². The lowest BCUT2D eigenvalue weighted by Gasteiger charge is -2.32. The third-order valence-electron chi connectivity index (χ3n) is 6.22. The maximum atomic E-state index is 13.7. The number of ether oxygens (including phenoxy) is 2. The highest BCUT2D eigenvalue weighted by Crippen LogP contribution is 2.26. The van der Waals surface area contributed by atoms with Crippen LogP contribution in [-0.2, 0) is 26.0 Å². The first-order valence-corrected chi connectivity index (χ1v) is 15.6. The van der Waals surface area contributed by atoms with Crippen LogP contribution < -0.4 is 20.1 Å². The summed E-state index contributed by atoms with van der Waals surface area (Å²) in [5.41, 5.74) is -0.924. The van der Waals surface area contributed by atoms with Gasteiger partial charge in [0.1, 0.15) is 17.3 Å². The van der Waals surface area contributed by atoms with E-state index in [-0.39, 0.29) is 47.2 Å². The highest BCUT2D eigenvalue weighted by molar-refractivity contribution is 7.92. The van der Waals surface area contributed by atoms with E-state index in [0.717, 1.165) is 0 Å². The quantitative estimate of drug-likeness (QED) is 0.226. The van der Waals surface area contributed by atoms with E-state index >= 15 is 0 Å². The zero-order valence-electron chi connectivity index (χ0n) is 26.0. The fraction of sp³-hybridized carbons (Fsp3) is 0.419. The Labute approximate surface area is 258 Å². The summed E-state index contributed by atoms with van der Waals surface area (Å²) in [6.07, 6.45) is 3.09. The van der Waals surface area contributed by atoms with Crippen molar-refractivity contribution in [2.45, 2.75) is 83.4 Å². The Hall–Kier alpha value is -4.10. The van der Waals surface area contributed by atoms with E-state index in [1.165, 1.54) is 48.8 Å². The molecule has 0 saturated heterocycles. The first-order chi connectivity index (χ1) is 20.5. The van der Waals surface area contributed by atoms with Gasteiger partial charge in [0.05, 0.1) is 34.6 Å². The third kappa shape index (κ3) is 10.3. The first-order valence-electron chi connectivity index (χ1n) is 14.2. The van der Waals surface area contributed by atoms with Crippen LogP contribution in [0.1, 0.15) is 70.8 Å². The van der Waals surface area contributed by atoms with Crippen LogP contribution in [0.2, 0.25) is 0 Å². The summed E-state index contributed by atoms with van der Waals surface area (Å²) >= 11 is 0. The molecule has 0 radical (unpaired) electrons. The van der Waals surface area contributed by atoms with Gasteiger partial charge in [-0.15, -0.1) is 0 Å². The number of nitrogens with zero attached hydrogens (tertiary/aromatic N) is 2. The van der Waals surface area contributed by atoms with Gasteiger partial charge in [-0.2, -0.15) is 0 Å². The number of carbonyl (C=O) groups is 2. The molecule has 0 unspecified atom stereocenters. The van der Waals surface area contributed by atoms with Crippen molar-refractivity contribution in [1.29, 1.82) is 0 Å². The van der Waals surface area contributed by atoms with Crippen LogP contribution in [0.3, 0.4) is 0 Å². The summed E-state index contributed by atoms with van der Waals surface area (Å²) in [4.78, 5) is 32.9. The number of aromatic nitrogens is 2. The van der Waals surface area contributed by atoms with Crippen molar-refractivity contribution in [3.8, 4) is 11.5 Å². The topological polar surface area (TPSA) is 149 Å². The van der Waals surface area contributed by atoms with Crippen molar-refractivity contribution >= 4 is 27.8 Å². The van der Waals surface area contributed by atoms with Crippen molar-refractivity contribution in [2.24, 2.45) is 0 Å². The molecular formula is C31H40FN5O6S. The number of carbonyl (C=O) groups excluding carboxylic acids is 2. The molecule has 0 aliphatic carbocycles. The normalized spacial score (nSPS) is 12.1. The number of benzene rings is 2. The summed E-state index contributed by atoms with van der Waals surface area (Å²) in [7, 11) is -4.04. The Kier molecular flexibility index (Phi) is 11.0. The van der Waals surface area contributed by atoms with E-state index in [1.807, 2.05) is 20.8 Å². The molecule has 1 aromatic heterocycles. The van der Waals surface area contributed by atoms with Gasteiger partial charge in [-0.3, -0.25) is 9.59 Å². The second-order valence-electron chi connectivity index (χ2n) is 11.9. The molecule has 11 nitrogen and oxygen atoms in total. The highest BCUT2D eigenvalue weighted by Gasteiger charge is 2.29. The maximum Gasteiger partial charge on any atom is 0.264 e. The monoisotopic (exact) mass is 629 g/mol. The molecule has 0 spiro atoms. The molecular weight excluding hydrogens is 589 g/mol. The predicted octanol–water partition coefficient (Wildman–Crippen LogP) is 4.99. The molecule has 3 N–H and O–H groups in total. The number of sulfonamides is 1. The molecule has 0 atom stereocenters. The number of anilines is 1. The molecule has 238 valence electrons. The van der Waals surface area contributed by atoms with Crippen molar-refractivity contribution in [1.82, 2.24) is 20.6 Å². The zero-order valence-corrected chi connectivity index (χ0v) is 26.8. The van der Waals surface area contributed by atoms with Crippen LogP contribution in [0.25, 0.3) is 0 Å². The molecule has 0 bridgehead atoms. The lowest BCUT2D eigenvalue weighted by Crippen LogP contribution is -2.49. The molecule has 0 aliphatic heterocycles. The molecule has 3 aromatic rings. The summed E-state index contributed by atoms with van der Waals surface area (Å²) in [5, 5.41) is 5.67. The first kappa shape index (κ1) is 34.4. The van der Waals surface area contributed by atoms with Crippen LogP contribution >= 0.6 is 0 Å². The second-order valence-corrected chi connectivity index (χ2v) is 13.5. The lowest BCUT2D eigenvalue weighted by atomic mass is 10.0. The van der Waals surface area contributed by atoms with E-state index in [9.17, 15) is 22.4 Å². The molecule has 3 rings (SSSR count). The van der Waals surface area contributed by atoms with Gasteiger partial charge in [0.25, 0.3) is 15.9 Å². The summed E-state index contributed by atoms with van der Waals surface area (Å²) in [6.45, 7) is 12.9. The Morgan fingerprint density at radius 2 is 1.59 bits per heavy atom. The van der Waals surface area contributed by atoms with E-state index < -0.39 is 27.1 Å². The SMILES string of the molecule is CCc1cc(Oc2ccc(S(=O)(=O)Nc3ncc(C(=O)NC(C)(C)COC(C)(C)CC(=O)NC(C)C)cn3)cc2)ccc1F. The molecule has 44 heavy (non-hydrogen) atoms. The number of hydrogen-bond acceptors (Lipinski definition) is 8. The number of halogens is 1. The van der Waals surface area contributed by atoms with Crippen LogP contribution in [0.4, 0.5) is 10.3 Å². The number of hydrogen-bond donors (Lipinski definition) is 3. The van der Waals surface area contributed by atoms with Crippen LogP contribution in [0.5, 0.6) is 11.5 Å². The number of amides is 2. The summed E-state index contributed by atoms with van der Waals surface area (Å²) in [5.74, 6) is -0.339. The smallest absolute Gasteiger partial charge is 0.264 e. The third-order valence-corrected chi connectivity index (χ3v) is 7.56. The molecule has 2 amide bonds. The zero-order chi connectivity index (χ0) is 32.7. The van der Waals surface area contributed by atoms with Gasteiger partial charge in [-0.1, -0.05) is 6.92 Å².